The van der Waals surface area contributed by atoms with Crippen molar-refractivity contribution in [2.75, 3.05) is 37.0 Å². The van der Waals surface area contributed by atoms with Gasteiger partial charge in [-0.25, -0.2) is 4.39 Å². The van der Waals surface area contributed by atoms with Crippen LogP contribution in [0.5, 0.6) is 0 Å². The van der Waals surface area contributed by atoms with Gasteiger partial charge in [0.1, 0.15) is 5.82 Å². The summed E-state index contributed by atoms with van der Waals surface area (Å²) in [5.41, 5.74) is 1.54. The molecule has 1 N–H and O–H groups in total. The Labute approximate surface area is 157 Å². The minimum absolute atomic E-state index is 0.0465. The number of nitrogens with zero attached hydrogens (tertiary/aromatic N) is 2. The quantitative estimate of drug-likeness (QED) is 0.840. The van der Waals surface area contributed by atoms with Crippen LogP contribution in [0.3, 0.4) is 0 Å². The van der Waals surface area contributed by atoms with E-state index in [0.29, 0.717) is 0 Å². The van der Waals surface area contributed by atoms with Crippen LogP contribution < -0.4 is 15.1 Å². The van der Waals surface area contributed by atoms with Crippen LogP contribution in [0.2, 0.25) is 5.02 Å². The third-order valence-corrected chi connectivity index (χ3v) is 4.18. The van der Waals surface area contributed by atoms with E-state index < -0.39 is 11.7 Å². The Kier molecular flexibility index (Phi) is 6.58. The van der Waals surface area contributed by atoms with Gasteiger partial charge in [-0.2, -0.15) is 0 Å². The number of carbonyl (C=O) groups excluding carboxylic acids is 2. The normalized spacial score (nSPS) is 10.3. The third-order valence-electron chi connectivity index (χ3n) is 3.87. The SMILES string of the molecule is CC(=O)N(CCNC(=O)c1c(F)cccc1Cl)c1ccc(N(C)C)cc1. The molecule has 0 aliphatic carbocycles. The molecule has 0 aromatic heterocycles. The van der Waals surface area contributed by atoms with Gasteiger partial charge in [-0.15, -0.1) is 0 Å². The zero-order valence-electron chi connectivity index (χ0n) is 14.9. The molecule has 0 radical (unpaired) electrons. The Hall–Kier alpha value is -2.60. The van der Waals surface area contributed by atoms with Gasteiger partial charge >= 0.3 is 0 Å². The summed E-state index contributed by atoms with van der Waals surface area (Å²) in [5, 5.41) is 2.65. The van der Waals surface area contributed by atoms with E-state index in [-0.39, 0.29) is 29.6 Å². The number of carbonyl (C=O) groups is 2. The van der Waals surface area contributed by atoms with Crippen molar-refractivity contribution >= 4 is 34.8 Å². The number of hydrogen-bond donors (Lipinski definition) is 1. The molecule has 2 aromatic carbocycles. The number of amides is 2. The van der Waals surface area contributed by atoms with Crippen molar-refractivity contribution in [3.63, 3.8) is 0 Å². The molecule has 0 saturated heterocycles. The molecule has 2 amide bonds. The maximum absolute atomic E-state index is 13.8. The van der Waals surface area contributed by atoms with E-state index in [1.807, 2.05) is 43.3 Å². The zero-order chi connectivity index (χ0) is 19.3. The summed E-state index contributed by atoms with van der Waals surface area (Å²) in [7, 11) is 3.86. The maximum Gasteiger partial charge on any atom is 0.255 e. The molecular weight excluding hydrogens is 357 g/mol. The van der Waals surface area contributed by atoms with Crippen molar-refractivity contribution in [3.8, 4) is 0 Å². The highest BCUT2D eigenvalue weighted by Crippen LogP contribution is 2.20. The Morgan fingerprint density at radius 1 is 1.08 bits per heavy atom. The fourth-order valence-corrected chi connectivity index (χ4v) is 2.73. The predicted molar refractivity (Wildman–Crippen MR) is 103 cm³/mol. The first kappa shape index (κ1) is 19.7. The van der Waals surface area contributed by atoms with Crippen LogP contribution in [-0.4, -0.2) is 39.0 Å². The Bertz CT molecular complexity index is 774. The van der Waals surface area contributed by atoms with Crippen molar-refractivity contribution < 1.29 is 14.0 Å². The second kappa shape index (κ2) is 8.67. The summed E-state index contributed by atoms with van der Waals surface area (Å²) in [6.45, 7) is 1.88. The molecule has 0 saturated carbocycles. The van der Waals surface area contributed by atoms with Crippen LogP contribution in [-0.2, 0) is 4.79 Å². The fourth-order valence-electron chi connectivity index (χ4n) is 2.48. The molecule has 5 nitrogen and oxygen atoms in total. The lowest BCUT2D eigenvalue weighted by molar-refractivity contribution is -0.116. The molecule has 0 spiro atoms. The van der Waals surface area contributed by atoms with Gasteiger partial charge in [-0.05, 0) is 36.4 Å². The third kappa shape index (κ3) is 4.73. The van der Waals surface area contributed by atoms with Crippen LogP contribution in [0.15, 0.2) is 42.5 Å². The van der Waals surface area contributed by atoms with Crippen molar-refractivity contribution in [2.45, 2.75) is 6.92 Å². The molecular formula is C19H21ClFN3O2. The van der Waals surface area contributed by atoms with Crippen molar-refractivity contribution in [1.82, 2.24) is 5.32 Å². The maximum atomic E-state index is 13.8. The van der Waals surface area contributed by atoms with Crippen LogP contribution >= 0.6 is 11.6 Å². The molecule has 0 heterocycles. The smallest absolute Gasteiger partial charge is 0.255 e. The summed E-state index contributed by atoms with van der Waals surface area (Å²) in [4.78, 5) is 27.6. The van der Waals surface area contributed by atoms with Gasteiger partial charge in [0.2, 0.25) is 5.91 Å². The van der Waals surface area contributed by atoms with Crippen LogP contribution in [0.4, 0.5) is 15.8 Å². The molecule has 0 atom stereocenters. The van der Waals surface area contributed by atoms with E-state index in [1.54, 1.807) is 4.90 Å². The molecule has 0 aliphatic heterocycles. The topological polar surface area (TPSA) is 52.7 Å². The van der Waals surface area contributed by atoms with Gasteiger partial charge < -0.3 is 15.1 Å². The second-order valence-electron chi connectivity index (χ2n) is 5.93. The molecule has 2 aromatic rings. The van der Waals surface area contributed by atoms with E-state index in [0.717, 1.165) is 11.4 Å². The van der Waals surface area contributed by atoms with Gasteiger partial charge in [0.25, 0.3) is 5.91 Å². The largest absolute Gasteiger partial charge is 0.378 e. The minimum Gasteiger partial charge on any atom is -0.378 e. The summed E-state index contributed by atoms with van der Waals surface area (Å²) < 4.78 is 13.8. The Balaban J connectivity index is 2.03. The molecule has 0 aliphatic rings. The van der Waals surface area contributed by atoms with E-state index in [2.05, 4.69) is 5.32 Å². The van der Waals surface area contributed by atoms with Gasteiger partial charge in [-0.3, -0.25) is 9.59 Å². The number of rotatable bonds is 6. The van der Waals surface area contributed by atoms with Gasteiger partial charge in [-0.1, -0.05) is 17.7 Å². The van der Waals surface area contributed by atoms with Crippen molar-refractivity contribution in [3.05, 3.63) is 58.9 Å². The average Bonchev–Trinajstić information content (AvgIpc) is 2.58. The highest BCUT2D eigenvalue weighted by Gasteiger charge is 2.17. The van der Waals surface area contributed by atoms with Crippen molar-refractivity contribution in [1.29, 1.82) is 0 Å². The number of benzene rings is 2. The molecule has 0 unspecified atom stereocenters. The summed E-state index contributed by atoms with van der Waals surface area (Å²) in [6.07, 6.45) is 0. The first-order valence-corrected chi connectivity index (χ1v) is 8.46. The standard InChI is InChI=1S/C19H21ClFN3O2/c1-13(25)24(15-9-7-14(8-10-15)23(2)3)12-11-22-19(26)18-16(20)5-4-6-17(18)21/h4-10H,11-12H2,1-3H3,(H,22,26). The Morgan fingerprint density at radius 3 is 2.23 bits per heavy atom. The van der Waals surface area contributed by atoms with Crippen LogP contribution in [0.1, 0.15) is 17.3 Å². The lowest BCUT2D eigenvalue weighted by Crippen LogP contribution is -2.37. The second-order valence-corrected chi connectivity index (χ2v) is 6.34. The van der Waals surface area contributed by atoms with E-state index in [4.69, 9.17) is 11.6 Å². The van der Waals surface area contributed by atoms with E-state index in [1.165, 1.54) is 25.1 Å². The monoisotopic (exact) mass is 377 g/mol. The van der Waals surface area contributed by atoms with Gasteiger partial charge in [0.15, 0.2) is 0 Å². The lowest BCUT2D eigenvalue weighted by atomic mass is 10.2. The average molecular weight is 378 g/mol. The fraction of sp³-hybridized carbons (Fsp3) is 0.263. The summed E-state index contributed by atoms with van der Waals surface area (Å²) in [5.74, 6) is -1.45. The number of nitrogens with one attached hydrogen (secondary N) is 1. The number of hydrogen-bond acceptors (Lipinski definition) is 3. The first-order valence-electron chi connectivity index (χ1n) is 8.09. The molecule has 0 fully saturated rings. The molecule has 2 rings (SSSR count). The summed E-state index contributed by atoms with van der Waals surface area (Å²) in [6, 6.07) is 11.6. The van der Waals surface area contributed by atoms with Crippen LogP contribution in [0.25, 0.3) is 0 Å². The minimum atomic E-state index is -0.683. The number of anilines is 2. The molecule has 0 bridgehead atoms. The summed E-state index contributed by atoms with van der Waals surface area (Å²) >= 11 is 5.88. The molecule has 138 valence electrons. The van der Waals surface area contributed by atoms with Gasteiger partial charge in [0.05, 0.1) is 10.6 Å². The molecule has 26 heavy (non-hydrogen) atoms. The van der Waals surface area contributed by atoms with Crippen LogP contribution in [0, 0.1) is 5.82 Å². The first-order chi connectivity index (χ1) is 12.3. The van der Waals surface area contributed by atoms with Crippen molar-refractivity contribution in [2.24, 2.45) is 0 Å². The predicted octanol–water partition coefficient (Wildman–Crippen LogP) is 3.33. The Morgan fingerprint density at radius 2 is 1.69 bits per heavy atom. The van der Waals surface area contributed by atoms with E-state index in [9.17, 15) is 14.0 Å². The molecule has 7 heteroatoms. The number of halogens is 2. The van der Waals surface area contributed by atoms with Gasteiger partial charge in [0, 0.05) is 45.5 Å². The zero-order valence-corrected chi connectivity index (χ0v) is 15.7. The van der Waals surface area contributed by atoms with E-state index >= 15 is 0 Å². The highest BCUT2D eigenvalue weighted by molar-refractivity contribution is 6.33. The lowest BCUT2D eigenvalue weighted by Gasteiger charge is -2.22. The highest BCUT2D eigenvalue weighted by atomic mass is 35.5.